The number of piperidine rings is 1. The Labute approximate surface area is 83.6 Å². The van der Waals surface area contributed by atoms with E-state index in [-0.39, 0.29) is 17.7 Å². The second-order valence-corrected chi connectivity index (χ2v) is 3.63. The number of carbonyl (C=O) groups excluding carboxylic acids is 2. The van der Waals surface area contributed by atoms with Crippen molar-refractivity contribution in [2.75, 3.05) is 26.7 Å². The van der Waals surface area contributed by atoms with Crippen molar-refractivity contribution in [1.82, 2.24) is 10.2 Å². The molecule has 0 unspecified atom stereocenters. The van der Waals surface area contributed by atoms with E-state index in [0.717, 1.165) is 25.9 Å². The van der Waals surface area contributed by atoms with Crippen LogP contribution >= 0.6 is 0 Å². The number of nitrogens with zero attached hydrogens (tertiary/aromatic N) is 1. The molecule has 0 bridgehead atoms. The highest BCUT2D eigenvalue weighted by Crippen LogP contribution is 2.16. The van der Waals surface area contributed by atoms with Crippen LogP contribution in [0.15, 0.2) is 0 Å². The normalized spacial score (nSPS) is 19.2. The van der Waals surface area contributed by atoms with E-state index >= 15 is 0 Å². The minimum absolute atomic E-state index is 0.101. The van der Waals surface area contributed by atoms with Gasteiger partial charge in [-0.25, -0.2) is 0 Å². The summed E-state index contributed by atoms with van der Waals surface area (Å²) < 4.78 is 0. The van der Waals surface area contributed by atoms with Gasteiger partial charge in [-0.05, 0) is 25.9 Å². The molecule has 0 radical (unpaired) electrons. The number of likely N-dealkylation sites (tertiary alicyclic amines) is 1. The Bertz CT molecular complexity index is 222. The van der Waals surface area contributed by atoms with Crippen LogP contribution in [0, 0.1) is 5.92 Å². The Hall–Kier alpha value is -1.10. The quantitative estimate of drug-likeness (QED) is 0.607. The van der Waals surface area contributed by atoms with E-state index in [1.807, 2.05) is 4.90 Å². The lowest BCUT2D eigenvalue weighted by atomic mass is 9.96. The lowest BCUT2D eigenvalue weighted by Crippen LogP contribution is -2.42. The van der Waals surface area contributed by atoms with Gasteiger partial charge in [0.1, 0.15) is 0 Å². The first-order valence-corrected chi connectivity index (χ1v) is 4.85. The molecular formula is C9H17N3O2. The number of rotatable bonds is 3. The minimum Gasteiger partial charge on any atom is -0.369 e. The van der Waals surface area contributed by atoms with Crippen LogP contribution in [0.4, 0.5) is 0 Å². The molecule has 14 heavy (non-hydrogen) atoms. The van der Waals surface area contributed by atoms with Gasteiger partial charge in [0.2, 0.25) is 11.8 Å². The molecule has 0 aliphatic carbocycles. The highest BCUT2D eigenvalue weighted by atomic mass is 16.2. The number of carbonyl (C=O) groups is 2. The Morgan fingerprint density at radius 3 is 2.43 bits per heavy atom. The molecule has 0 aromatic carbocycles. The zero-order valence-electron chi connectivity index (χ0n) is 8.45. The molecule has 0 spiro atoms. The highest BCUT2D eigenvalue weighted by molar-refractivity contribution is 5.78. The average Bonchev–Trinajstić information content (AvgIpc) is 2.17. The van der Waals surface area contributed by atoms with E-state index in [4.69, 9.17) is 5.73 Å². The summed E-state index contributed by atoms with van der Waals surface area (Å²) in [7, 11) is 1.65. The summed E-state index contributed by atoms with van der Waals surface area (Å²) in [5, 5.41) is 2.64. The molecule has 1 heterocycles. The number of hydrogen-bond donors (Lipinski definition) is 2. The molecule has 5 nitrogen and oxygen atoms in total. The molecule has 1 aliphatic heterocycles. The second-order valence-electron chi connectivity index (χ2n) is 3.63. The van der Waals surface area contributed by atoms with Gasteiger partial charge in [0, 0.05) is 13.0 Å². The number of nitrogens with two attached hydrogens (primary N) is 1. The van der Waals surface area contributed by atoms with E-state index in [1.165, 1.54) is 0 Å². The first-order chi connectivity index (χ1) is 6.63. The zero-order chi connectivity index (χ0) is 10.6. The van der Waals surface area contributed by atoms with E-state index in [9.17, 15) is 9.59 Å². The molecule has 1 rings (SSSR count). The van der Waals surface area contributed by atoms with Crippen LogP contribution in [0.1, 0.15) is 12.8 Å². The van der Waals surface area contributed by atoms with Crippen molar-refractivity contribution in [2.45, 2.75) is 12.8 Å². The van der Waals surface area contributed by atoms with Gasteiger partial charge in [0.15, 0.2) is 0 Å². The number of primary amides is 1. The molecule has 0 atom stereocenters. The van der Waals surface area contributed by atoms with Crippen molar-refractivity contribution in [3.63, 3.8) is 0 Å². The van der Waals surface area contributed by atoms with Crippen LogP contribution in [0.3, 0.4) is 0 Å². The fourth-order valence-electron chi connectivity index (χ4n) is 1.78. The summed E-state index contributed by atoms with van der Waals surface area (Å²) in [5.74, 6) is -0.101. The number of amides is 2. The van der Waals surface area contributed by atoms with Gasteiger partial charge >= 0.3 is 0 Å². The fraction of sp³-hybridized carbons (Fsp3) is 0.778. The van der Waals surface area contributed by atoms with E-state index < -0.39 is 0 Å². The monoisotopic (exact) mass is 199 g/mol. The van der Waals surface area contributed by atoms with Crippen molar-refractivity contribution in [3.8, 4) is 0 Å². The predicted molar refractivity (Wildman–Crippen MR) is 52.4 cm³/mol. The largest absolute Gasteiger partial charge is 0.369 e. The van der Waals surface area contributed by atoms with E-state index in [0.29, 0.717) is 6.54 Å². The summed E-state index contributed by atoms with van der Waals surface area (Å²) in [5.41, 5.74) is 5.08. The Morgan fingerprint density at radius 2 is 2.00 bits per heavy atom. The van der Waals surface area contributed by atoms with E-state index in [1.54, 1.807) is 7.05 Å². The molecule has 5 heteroatoms. The van der Waals surface area contributed by atoms with Crippen LogP contribution in [0.5, 0.6) is 0 Å². The lowest BCUT2D eigenvalue weighted by molar-refractivity contribution is -0.126. The molecule has 0 aromatic heterocycles. The summed E-state index contributed by atoms with van der Waals surface area (Å²) in [6, 6.07) is 0. The van der Waals surface area contributed by atoms with Crippen LogP contribution in [0.25, 0.3) is 0 Å². The average molecular weight is 199 g/mol. The van der Waals surface area contributed by atoms with Crippen LogP contribution in [-0.2, 0) is 9.59 Å². The third-order valence-electron chi connectivity index (χ3n) is 2.58. The Balaban J connectivity index is 2.31. The lowest BCUT2D eigenvalue weighted by Gasteiger charge is -2.29. The van der Waals surface area contributed by atoms with Crippen molar-refractivity contribution in [2.24, 2.45) is 11.7 Å². The van der Waals surface area contributed by atoms with Gasteiger partial charge in [-0.3, -0.25) is 14.5 Å². The Kier molecular flexibility index (Phi) is 3.88. The summed E-state index contributed by atoms with van der Waals surface area (Å²) >= 11 is 0. The number of nitrogens with one attached hydrogen (secondary N) is 1. The molecule has 3 N–H and O–H groups in total. The summed E-state index contributed by atoms with van der Waals surface area (Å²) in [4.78, 5) is 23.9. The van der Waals surface area contributed by atoms with Crippen LogP contribution < -0.4 is 11.1 Å². The fourth-order valence-corrected chi connectivity index (χ4v) is 1.78. The van der Waals surface area contributed by atoms with Gasteiger partial charge in [-0.15, -0.1) is 0 Å². The summed E-state index contributed by atoms with van der Waals surface area (Å²) in [6.45, 7) is 1.86. The third-order valence-corrected chi connectivity index (χ3v) is 2.58. The predicted octanol–water partition coefficient (Wildman–Crippen LogP) is -1.07. The molecule has 1 aliphatic rings. The van der Waals surface area contributed by atoms with Gasteiger partial charge in [0.05, 0.1) is 6.54 Å². The standard InChI is InChI=1S/C9H17N3O2/c1-11-9(14)7-2-4-12(5-3-7)6-8(10)13/h7H,2-6H2,1H3,(H2,10,13)(H,11,14). The first kappa shape index (κ1) is 11.0. The molecule has 2 amide bonds. The van der Waals surface area contributed by atoms with Gasteiger partial charge in [-0.2, -0.15) is 0 Å². The van der Waals surface area contributed by atoms with Crippen molar-refractivity contribution < 1.29 is 9.59 Å². The van der Waals surface area contributed by atoms with Crippen molar-refractivity contribution >= 4 is 11.8 Å². The number of hydrogen-bond acceptors (Lipinski definition) is 3. The molecule has 1 saturated heterocycles. The van der Waals surface area contributed by atoms with Gasteiger partial charge in [0.25, 0.3) is 0 Å². The Morgan fingerprint density at radius 1 is 1.43 bits per heavy atom. The maximum absolute atomic E-state index is 11.3. The molecule has 0 saturated carbocycles. The van der Waals surface area contributed by atoms with Crippen molar-refractivity contribution in [3.05, 3.63) is 0 Å². The highest BCUT2D eigenvalue weighted by Gasteiger charge is 2.24. The zero-order valence-corrected chi connectivity index (χ0v) is 8.45. The maximum Gasteiger partial charge on any atom is 0.231 e. The van der Waals surface area contributed by atoms with Gasteiger partial charge in [-0.1, -0.05) is 0 Å². The molecule has 80 valence electrons. The topological polar surface area (TPSA) is 75.4 Å². The minimum atomic E-state index is -0.302. The molecular weight excluding hydrogens is 182 g/mol. The summed E-state index contributed by atoms with van der Waals surface area (Å²) in [6.07, 6.45) is 1.62. The van der Waals surface area contributed by atoms with Crippen LogP contribution in [-0.4, -0.2) is 43.4 Å². The van der Waals surface area contributed by atoms with Gasteiger partial charge < -0.3 is 11.1 Å². The first-order valence-electron chi connectivity index (χ1n) is 4.85. The third kappa shape index (κ3) is 2.99. The van der Waals surface area contributed by atoms with Crippen molar-refractivity contribution in [1.29, 1.82) is 0 Å². The SMILES string of the molecule is CNC(=O)C1CCN(CC(N)=O)CC1. The molecule has 0 aromatic rings. The molecule has 1 fully saturated rings. The smallest absolute Gasteiger partial charge is 0.231 e. The van der Waals surface area contributed by atoms with Crippen LogP contribution in [0.2, 0.25) is 0 Å². The maximum atomic E-state index is 11.3. The van der Waals surface area contributed by atoms with E-state index in [2.05, 4.69) is 5.32 Å². The second kappa shape index (κ2) is 4.95.